The second-order valence-corrected chi connectivity index (χ2v) is 7.90. The molecule has 0 bridgehead atoms. The molecule has 4 rings (SSSR count). The number of methoxy groups -OCH3 is 2. The zero-order chi connectivity index (χ0) is 24.8. The van der Waals surface area contributed by atoms with Crippen molar-refractivity contribution in [2.75, 3.05) is 36.3 Å². The van der Waals surface area contributed by atoms with E-state index in [1.807, 2.05) is 30.3 Å². The fourth-order valence-electron chi connectivity index (χ4n) is 3.84. The van der Waals surface area contributed by atoms with Crippen LogP contribution in [0.1, 0.15) is 5.56 Å². The lowest BCUT2D eigenvalue weighted by atomic mass is 10.1. The summed E-state index contributed by atoms with van der Waals surface area (Å²) in [7, 11) is 3.04. The van der Waals surface area contributed by atoms with Gasteiger partial charge in [-0.3, -0.25) is 14.5 Å². The van der Waals surface area contributed by atoms with Gasteiger partial charge in [-0.15, -0.1) is 0 Å². The highest BCUT2D eigenvalue weighted by Gasteiger charge is 2.30. The van der Waals surface area contributed by atoms with Gasteiger partial charge in [0.25, 0.3) is 0 Å². The van der Waals surface area contributed by atoms with Crippen LogP contribution >= 0.6 is 0 Å². The summed E-state index contributed by atoms with van der Waals surface area (Å²) in [5.74, 6) is 0.268. The summed E-state index contributed by atoms with van der Waals surface area (Å²) in [5.41, 5.74) is 2.45. The van der Waals surface area contributed by atoms with Crippen LogP contribution in [0.15, 0.2) is 72.8 Å². The van der Waals surface area contributed by atoms with E-state index in [-0.39, 0.29) is 18.9 Å². The fourth-order valence-corrected chi connectivity index (χ4v) is 3.84. The molecule has 0 spiro atoms. The topological polar surface area (TPSA) is 109 Å². The predicted octanol–water partition coefficient (Wildman–Crippen LogP) is 3.42. The van der Waals surface area contributed by atoms with Gasteiger partial charge < -0.3 is 25.4 Å². The van der Waals surface area contributed by atoms with Crippen molar-refractivity contribution >= 4 is 34.9 Å². The van der Waals surface area contributed by atoms with Crippen molar-refractivity contribution in [3.05, 3.63) is 78.4 Å². The number of urea groups is 1. The average molecular weight is 475 g/mol. The monoisotopic (exact) mass is 474 g/mol. The van der Waals surface area contributed by atoms with E-state index in [2.05, 4.69) is 16.0 Å². The van der Waals surface area contributed by atoms with Gasteiger partial charge in [-0.1, -0.05) is 42.5 Å². The van der Waals surface area contributed by atoms with E-state index in [9.17, 15) is 14.4 Å². The van der Waals surface area contributed by atoms with Crippen molar-refractivity contribution in [1.29, 1.82) is 0 Å². The maximum Gasteiger partial charge on any atom is 0.323 e. The van der Waals surface area contributed by atoms with E-state index in [1.54, 1.807) is 42.5 Å². The van der Waals surface area contributed by atoms with Gasteiger partial charge in [-0.05, 0) is 29.8 Å². The van der Waals surface area contributed by atoms with Gasteiger partial charge in [0.15, 0.2) is 11.5 Å². The summed E-state index contributed by atoms with van der Waals surface area (Å²) >= 11 is 0. The Kier molecular flexibility index (Phi) is 7.15. The molecular formula is C26H26N4O5. The fraction of sp³-hybridized carbons (Fsp3) is 0.192. The molecule has 1 heterocycles. The molecule has 3 N–H and O–H groups in total. The second kappa shape index (κ2) is 10.6. The summed E-state index contributed by atoms with van der Waals surface area (Å²) in [6.45, 7) is -0.155. The molecule has 9 nitrogen and oxygen atoms in total. The first kappa shape index (κ1) is 23.6. The van der Waals surface area contributed by atoms with Crippen LogP contribution in [0.5, 0.6) is 11.5 Å². The van der Waals surface area contributed by atoms with Crippen molar-refractivity contribution in [3.63, 3.8) is 0 Å². The number of amides is 4. The Morgan fingerprint density at radius 3 is 2.43 bits per heavy atom. The number of rotatable bonds is 7. The summed E-state index contributed by atoms with van der Waals surface area (Å²) in [4.78, 5) is 40.1. The number of hydrogen-bond donors (Lipinski definition) is 3. The van der Waals surface area contributed by atoms with E-state index in [0.717, 1.165) is 5.56 Å². The smallest absolute Gasteiger partial charge is 0.323 e. The van der Waals surface area contributed by atoms with E-state index >= 15 is 0 Å². The molecule has 1 aliphatic rings. The standard InChI is InChI=1S/C26H26N4O5/c1-34-22-13-12-18(15-23(22)35-2)27-25(32)20(14-17-8-4-3-5-9-17)29-26(33)30-16-24(31)28-19-10-6-7-11-21(19)30/h3-13,15,20H,14,16H2,1-2H3,(H,27,32)(H,28,31)(H,29,33). The molecule has 0 saturated carbocycles. The summed E-state index contributed by atoms with van der Waals surface area (Å²) in [5, 5.41) is 8.40. The van der Waals surface area contributed by atoms with Crippen LogP contribution in [-0.2, 0) is 16.0 Å². The molecule has 0 aliphatic carbocycles. The first-order valence-corrected chi connectivity index (χ1v) is 11.0. The number of nitrogens with zero attached hydrogens (tertiary/aromatic N) is 1. The highest BCUT2D eigenvalue weighted by atomic mass is 16.5. The number of ether oxygens (including phenoxy) is 2. The van der Waals surface area contributed by atoms with Crippen LogP contribution in [0.2, 0.25) is 0 Å². The highest BCUT2D eigenvalue weighted by Crippen LogP contribution is 2.30. The maximum atomic E-state index is 13.3. The van der Waals surface area contributed by atoms with Crippen LogP contribution in [0.25, 0.3) is 0 Å². The summed E-state index contributed by atoms with van der Waals surface area (Å²) in [6.07, 6.45) is 0.257. The number of hydrogen-bond acceptors (Lipinski definition) is 5. The third-order valence-corrected chi connectivity index (χ3v) is 5.56. The molecule has 9 heteroatoms. The Labute approximate surface area is 203 Å². The number of nitrogens with one attached hydrogen (secondary N) is 3. The van der Waals surface area contributed by atoms with Crippen LogP contribution in [-0.4, -0.2) is 44.7 Å². The molecule has 1 atom stereocenters. The Morgan fingerprint density at radius 2 is 1.69 bits per heavy atom. The maximum absolute atomic E-state index is 13.3. The van der Waals surface area contributed by atoms with E-state index in [4.69, 9.17) is 9.47 Å². The lowest BCUT2D eigenvalue weighted by molar-refractivity contribution is -0.118. The Bertz CT molecular complexity index is 1230. The number of fused-ring (bicyclic) bond motifs is 1. The second-order valence-electron chi connectivity index (χ2n) is 7.90. The SMILES string of the molecule is COc1ccc(NC(=O)C(Cc2ccccc2)NC(=O)N2CC(=O)Nc3ccccc32)cc1OC. The molecule has 0 radical (unpaired) electrons. The van der Waals surface area contributed by atoms with Gasteiger partial charge in [0.05, 0.1) is 25.6 Å². The predicted molar refractivity (Wildman–Crippen MR) is 133 cm³/mol. The minimum Gasteiger partial charge on any atom is -0.493 e. The number of anilines is 3. The van der Waals surface area contributed by atoms with Gasteiger partial charge in [-0.2, -0.15) is 0 Å². The van der Waals surface area contributed by atoms with Gasteiger partial charge >= 0.3 is 6.03 Å². The number of para-hydroxylation sites is 2. The Morgan fingerprint density at radius 1 is 0.971 bits per heavy atom. The normalized spacial score (nSPS) is 13.2. The van der Waals surface area contributed by atoms with Crippen LogP contribution < -0.4 is 30.3 Å². The first-order chi connectivity index (χ1) is 17.0. The number of carbonyl (C=O) groups is 3. The molecule has 35 heavy (non-hydrogen) atoms. The van der Waals surface area contributed by atoms with Crippen molar-refractivity contribution in [2.45, 2.75) is 12.5 Å². The zero-order valence-electron chi connectivity index (χ0n) is 19.4. The average Bonchev–Trinajstić information content (AvgIpc) is 2.88. The molecule has 1 unspecified atom stereocenters. The molecule has 180 valence electrons. The molecule has 0 fully saturated rings. The van der Waals surface area contributed by atoms with Gasteiger partial charge in [0.2, 0.25) is 11.8 Å². The molecule has 0 saturated heterocycles. The van der Waals surface area contributed by atoms with Crippen molar-refractivity contribution < 1.29 is 23.9 Å². The van der Waals surface area contributed by atoms with E-state index in [0.29, 0.717) is 28.6 Å². The number of carbonyl (C=O) groups excluding carboxylic acids is 3. The lowest BCUT2D eigenvalue weighted by Crippen LogP contribution is -2.53. The number of benzene rings is 3. The molecule has 0 aromatic heterocycles. The Balaban J connectivity index is 1.57. The van der Waals surface area contributed by atoms with Crippen LogP contribution in [0.3, 0.4) is 0 Å². The first-order valence-electron chi connectivity index (χ1n) is 11.0. The van der Waals surface area contributed by atoms with Gasteiger partial charge in [-0.25, -0.2) is 4.79 Å². The molecule has 3 aromatic carbocycles. The van der Waals surface area contributed by atoms with Gasteiger partial charge in [0, 0.05) is 18.2 Å². The molecule has 4 amide bonds. The van der Waals surface area contributed by atoms with Crippen molar-refractivity contribution in [1.82, 2.24) is 5.32 Å². The molecular weight excluding hydrogens is 448 g/mol. The van der Waals surface area contributed by atoms with E-state index in [1.165, 1.54) is 19.1 Å². The molecule has 1 aliphatic heterocycles. The Hall–Kier alpha value is -4.53. The van der Waals surface area contributed by atoms with E-state index < -0.39 is 18.0 Å². The molecule has 3 aromatic rings. The largest absolute Gasteiger partial charge is 0.493 e. The lowest BCUT2D eigenvalue weighted by Gasteiger charge is -2.30. The van der Waals surface area contributed by atoms with Gasteiger partial charge in [0.1, 0.15) is 12.6 Å². The minimum absolute atomic E-state index is 0.155. The van der Waals surface area contributed by atoms with Crippen molar-refractivity contribution in [2.24, 2.45) is 0 Å². The summed E-state index contributed by atoms with van der Waals surface area (Å²) < 4.78 is 10.6. The third-order valence-electron chi connectivity index (χ3n) is 5.56. The quantitative estimate of drug-likeness (QED) is 0.486. The minimum atomic E-state index is -0.907. The summed E-state index contributed by atoms with van der Waals surface area (Å²) in [6, 6.07) is 19.9. The zero-order valence-corrected chi connectivity index (χ0v) is 19.4. The van der Waals surface area contributed by atoms with Crippen molar-refractivity contribution in [3.8, 4) is 11.5 Å². The third kappa shape index (κ3) is 5.52. The highest BCUT2D eigenvalue weighted by molar-refractivity contribution is 6.10. The van der Waals surface area contributed by atoms with Crippen LogP contribution in [0, 0.1) is 0 Å². The van der Waals surface area contributed by atoms with Crippen LogP contribution in [0.4, 0.5) is 21.9 Å².